The molecule has 1 heteroatoms. The Balaban J connectivity index is 1.93. The van der Waals surface area contributed by atoms with Crippen LogP contribution in [0.4, 0.5) is 0 Å². The van der Waals surface area contributed by atoms with E-state index in [1.165, 1.54) is 44.9 Å². The van der Waals surface area contributed by atoms with E-state index in [9.17, 15) is 5.11 Å². The SMILES string of the molecule is CC(C)CCC[C@@H](C)[C@H]1CC[C@@H]2[C@@H](O)CCC[C@]12C. The lowest BCUT2D eigenvalue weighted by Gasteiger charge is -2.45. The van der Waals surface area contributed by atoms with Gasteiger partial charge in [-0.15, -0.1) is 0 Å². The molecule has 0 spiro atoms. The Morgan fingerprint density at radius 1 is 1.11 bits per heavy atom. The zero-order chi connectivity index (χ0) is 14.0. The van der Waals surface area contributed by atoms with Crippen molar-refractivity contribution in [1.82, 2.24) is 0 Å². The van der Waals surface area contributed by atoms with Gasteiger partial charge < -0.3 is 5.11 Å². The van der Waals surface area contributed by atoms with E-state index in [1.807, 2.05) is 0 Å². The van der Waals surface area contributed by atoms with Gasteiger partial charge in [0.2, 0.25) is 0 Å². The van der Waals surface area contributed by atoms with Crippen LogP contribution in [0.3, 0.4) is 0 Å². The van der Waals surface area contributed by atoms with Crippen molar-refractivity contribution in [1.29, 1.82) is 0 Å². The first-order valence-corrected chi connectivity index (χ1v) is 8.63. The molecule has 0 radical (unpaired) electrons. The van der Waals surface area contributed by atoms with Crippen LogP contribution >= 0.6 is 0 Å². The Labute approximate surface area is 120 Å². The molecule has 2 saturated carbocycles. The van der Waals surface area contributed by atoms with Gasteiger partial charge >= 0.3 is 0 Å². The zero-order valence-electron chi connectivity index (χ0n) is 13.5. The van der Waals surface area contributed by atoms with Crippen LogP contribution in [-0.2, 0) is 0 Å². The summed E-state index contributed by atoms with van der Waals surface area (Å²) in [6.07, 6.45) is 10.4. The van der Waals surface area contributed by atoms with Gasteiger partial charge in [-0.2, -0.15) is 0 Å². The van der Waals surface area contributed by atoms with Gasteiger partial charge in [-0.3, -0.25) is 0 Å². The monoisotopic (exact) mass is 266 g/mol. The second-order valence-corrected chi connectivity index (χ2v) is 8.06. The second kappa shape index (κ2) is 6.16. The predicted molar refractivity (Wildman–Crippen MR) is 82.0 cm³/mol. The summed E-state index contributed by atoms with van der Waals surface area (Å²) in [4.78, 5) is 0. The average molecular weight is 266 g/mol. The maximum Gasteiger partial charge on any atom is 0.0573 e. The molecular weight excluding hydrogens is 232 g/mol. The van der Waals surface area contributed by atoms with E-state index < -0.39 is 0 Å². The molecule has 0 aliphatic heterocycles. The summed E-state index contributed by atoms with van der Waals surface area (Å²) in [6, 6.07) is 0. The van der Waals surface area contributed by atoms with Crippen molar-refractivity contribution < 1.29 is 5.11 Å². The van der Waals surface area contributed by atoms with Crippen LogP contribution in [0.25, 0.3) is 0 Å². The summed E-state index contributed by atoms with van der Waals surface area (Å²) in [6.45, 7) is 9.61. The average Bonchev–Trinajstić information content (AvgIpc) is 2.67. The van der Waals surface area contributed by atoms with Crippen LogP contribution in [0.5, 0.6) is 0 Å². The van der Waals surface area contributed by atoms with Crippen LogP contribution in [0.1, 0.15) is 79.1 Å². The molecule has 0 aromatic carbocycles. The molecule has 1 N–H and O–H groups in total. The molecule has 0 heterocycles. The van der Waals surface area contributed by atoms with E-state index in [1.54, 1.807) is 0 Å². The summed E-state index contributed by atoms with van der Waals surface area (Å²) in [7, 11) is 0. The van der Waals surface area contributed by atoms with E-state index in [4.69, 9.17) is 0 Å². The minimum absolute atomic E-state index is 0.00776. The second-order valence-electron chi connectivity index (χ2n) is 8.06. The van der Waals surface area contributed by atoms with E-state index in [-0.39, 0.29) is 6.10 Å². The number of aliphatic hydroxyl groups is 1. The van der Waals surface area contributed by atoms with Gasteiger partial charge in [-0.05, 0) is 54.8 Å². The summed E-state index contributed by atoms with van der Waals surface area (Å²) < 4.78 is 0. The molecule has 0 aromatic rings. The molecule has 0 unspecified atom stereocenters. The van der Waals surface area contributed by atoms with Gasteiger partial charge in [-0.25, -0.2) is 0 Å². The molecule has 19 heavy (non-hydrogen) atoms. The first-order chi connectivity index (χ1) is 8.95. The number of hydrogen-bond donors (Lipinski definition) is 1. The normalized spacial score (nSPS) is 40.4. The highest BCUT2D eigenvalue weighted by Gasteiger charge is 2.51. The van der Waals surface area contributed by atoms with Crippen LogP contribution in [0, 0.1) is 29.1 Å². The van der Waals surface area contributed by atoms with Crippen LogP contribution in [-0.4, -0.2) is 11.2 Å². The molecule has 2 rings (SSSR count). The maximum absolute atomic E-state index is 10.3. The molecule has 2 fully saturated rings. The number of rotatable bonds is 5. The Morgan fingerprint density at radius 3 is 2.53 bits per heavy atom. The minimum atomic E-state index is -0.00776. The van der Waals surface area contributed by atoms with Crippen molar-refractivity contribution in [3.05, 3.63) is 0 Å². The van der Waals surface area contributed by atoms with Crippen LogP contribution in [0.15, 0.2) is 0 Å². The maximum atomic E-state index is 10.3. The lowest BCUT2D eigenvalue weighted by molar-refractivity contribution is -0.0278. The zero-order valence-corrected chi connectivity index (χ0v) is 13.5. The lowest BCUT2D eigenvalue weighted by Crippen LogP contribution is -2.41. The van der Waals surface area contributed by atoms with Gasteiger partial charge in [0, 0.05) is 0 Å². The molecule has 112 valence electrons. The molecule has 0 aromatic heterocycles. The topological polar surface area (TPSA) is 20.2 Å². The summed E-state index contributed by atoms with van der Waals surface area (Å²) in [5.74, 6) is 3.15. The Morgan fingerprint density at radius 2 is 1.84 bits per heavy atom. The fourth-order valence-corrected chi connectivity index (χ4v) is 5.17. The molecule has 5 atom stereocenters. The van der Waals surface area contributed by atoms with Crippen molar-refractivity contribution in [2.75, 3.05) is 0 Å². The highest BCUT2D eigenvalue weighted by atomic mass is 16.3. The summed E-state index contributed by atoms with van der Waals surface area (Å²) in [5.41, 5.74) is 0.439. The molecule has 0 saturated heterocycles. The number of aliphatic hydroxyl groups excluding tert-OH is 1. The molecule has 0 amide bonds. The molecular formula is C18H34O. The third kappa shape index (κ3) is 3.17. The third-order valence-electron chi connectivity index (χ3n) is 6.29. The van der Waals surface area contributed by atoms with E-state index in [0.717, 1.165) is 24.2 Å². The highest BCUT2D eigenvalue weighted by Crippen LogP contribution is 2.58. The van der Waals surface area contributed by atoms with Crippen molar-refractivity contribution in [3.8, 4) is 0 Å². The van der Waals surface area contributed by atoms with Gasteiger partial charge in [0.25, 0.3) is 0 Å². The number of hydrogen-bond acceptors (Lipinski definition) is 1. The third-order valence-corrected chi connectivity index (χ3v) is 6.29. The van der Waals surface area contributed by atoms with Crippen molar-refractivity contribution in [2.45, 2.75) is 85.2 Å². The van der Waals surface area contributed by atoms with Gasteiger partial charge in [0.05, 0.1) is 6.10 Å². The molecule has 0 bridgehead atoms. The standard InChI is InChI=1S/C18H34O/c1-13(2)7-5-8-14(3)15-10-11-16-17(19)9-6-12-18(15,16)4/h13-17,19H,5-12H2,1-4H3/t14-,15-,16-,17+,18-/m1/s1. The highest BCUT2D eigenvalue weighted by molar-refractivity contribution is 5.01. The smallest absolute Gasteiger partial charge is 0.0573 e. The van der Waals surface area contributed by atoms with Crippen LogP contribution < -0.4 is 0 Å². The van der Waals surface area contributed by atoms with Gasteiger partial charge in [0.15, 0.2) is 0 Å². The lowest BCUT2D eigenvalue weighted by atomic mass is 9.61. The van der Waals surface area contributed by atoms with E-state index >= 15 is 0 Å². The van der Waals surface area contributed by atoms with E-state index in [0.29, 0.717) is 11.3 Å². The molecule has 1 nitrogen and oxygen atoms in total. The predicted octanol–water partition coefficient (Wildman–Crippen LogP) is 5.03. The van der Waals surface area contributed by atoms with Crippen molar-refractivity contribution in [3.63, 3.8) is 0 Å². The van der Waals surface area contributed by atoms with Crippen molar-refractivity contribution in [2.24, 2.45) is 29.1 Å². The van der Waals surface area contributed by atoms with Crippen molar-refractivity contribution >= 4 is 0 Å². The number of fused-ring (bicyclic) bond motifs is 1. The summed E-state index contributed by atoms with van der Waals surface area (Å²) in [5, 5.41) is 10.3. The largest absolute Gasteiger partial charge is 0.393 e. The first kappa shape index (κ1) is 15.4. The van der Waals surface area contributed by atoms with Gasteiger partial charge in [-0.1, -0.05) is 53.4 Å². The van der Waals surface area contributed by atoms with Crippen LogP contribution in [0.2, 0.25) is 0 Å². The van der Waals surface area contributed by atoms with Gasteiger partial charge in [0.1, 0.15) is 0 Å². The first-order valence-electron chi connectivity index (χ1n) is 8.63. The Kier molecular flexibility index (Phi) is 4.98. The quantitative estimate of drug-likeness (QED) is 0.740. The Bertz CT molecular complexity index is 285. The molecule has 2 aliphatic carbocycles. The molecule has 2 aliphatic rings. The fourth-order valence-electron chi connectivity index (χ4n) is 5.17. The summed E-state index contributed by atoms with van der Waals surface area (Å²) >= 11 is 0. The Hall–Kier alpha value is -0.0400. The minimum Gasteiger partial charge on any atom is -0.393 e. The van der Waals surface area contributed by atoms with E-state index in [2.05, 4.69) is 27.7 Å². The fraction of sp³-hybridized carbons (Fsp3) is 1.00.